The summed E-state index contributed by atoms with van der Waals surface area (Å²) in [5, 5.41) is 3.49. The Labute approximate surface area is 162 Å². The maximum Gasteiger partial charge on any atom is 0.280 e. The number of halogens is 2. The Kier molecular flexibility index (Phi) is 5.86. The molecule has 0 bridgehead atoms. The van der Waals surface area contributed by atoms with Gasteiger partial charge in [-0.05, 0) is 23.8 Å². The van der Waals surface area contributed by atoms with Crippen molar-refractivity contribution < 1.29 is 19.2 Å². The molecular weight excluding hydrogens is 377 g/mol. The van der Waals surface area contributed by atoms with Gasteiger partial charge < -0.3 is 19.7 Å². The lowest BCUT2D eigenvalue weighted by molar-refractivity contribution is -0.907. The van der Waals surface area contributed by atoms with E-state index in [0.717, 1.165) is 30.2 Å². The van der Waals surface area contributed by atoms with Crippen molar-refractivity contribution >= 4 is 34.9 Å². The summed E-state index contributed by atoms with van der Waals surface area (Å²) in [6.07, 6.45) is 2.32. The Morgan fingerprint density at radius 1 is 1.19 bits per heavy atom. The third-order valence-electron chi connectivity index (χ3n) is 4.37. The molecule has 1 aromatic carbocycles. The van der Waals surface area contributed by atoms with Crippen molar-refractivity contribution in [3.05, 3.63) is 45.6 Å². The Hall–Kier alpha value is -2.02. The molecule has 2 aromatic rings. The van der Waals surface area contributed by atoms with Crippen molar-refractivity contribution in [2.75, 3.05) is 32.6 Å². The van der Waals surface area contributed by atoms with Gasteiger partial charge in [-0.3, -0.25) is 4.79 Å². The largest absolute Gasteiger partial charge is 0.493 e. The van der Waals surface area contributed by atoms with Gasteiger partial charge in [-0.1, -0.05) is 23.2 Å². The zero-order chi connectivity index (χ0) is 18.7. The monoisotopic (exact) mass is 396 g/mol. The first-order valence-electron chi connectivity index (χ1n) is 8.18. The van der Waals surface area contributed by atoms with Gasteiger partial charge in [0.15, 0.2) is 23.9 Å². The Morgan fingerprint density at radius 3 is 2.54 bits per heavy atom. The van der Waals surface area contributed by atoms with E-state index in [0.29, 0.717) is 28.2 Å². The fraction of sp³-hybridized carbons (Fsp3) is 0.333. The number of aromatic nitrogens is 1. The summed E-state index contributed by atoms with van der Waals surface area (Å²) in [6, 6.07) is 5.56. The van der Waals surface area contributed by atoms with E-state index < -0.39 is 0 Å². The molecule has 1 aromatic heterocycles. The number of benzene rings is 1. The zero-order valence-corrected chi connectivity index (χ0v) is 16.1. The van der Waals surface area contributed by atoms with Gasteiger partial charge in [0.2, 0.25) is 0 Å². The molecule has 1 unspecified atom stereocenters. The highest BCUT2D eigenvalue weighted by Gasteiger charge is 2.24. The molecule has 0 saturated carbocycles. The molecule has 1 aliphatic rings. The minimum atomic E-state index is -0.138. The SMILES string of the molecule is COc1cc2c(cc1OC)C[NH+](CC(=O)Nc1ncc(Cl)cc1Cl)CC2. The number of ether oxygens (including phenoxy) is 2. The van der Waals surface area contributed by atoms with Crippen LogP contribution >= 0.6 is 23.2 Å². The van der Waals surface area contributed by atoms with Crippen LogP contribution in [0, 0.1) is 0 Å². The van der Waals surface area contributed by atoms with Gasteiger partial charge in [0.1, 0.15) is 6.54 Å². The minimum Gasteiger partial charge on any atom is -0.493 e. The summed E-state index contributed by atoms with van der Waals surface area (Å²) in [6.45, 7) is 1.93. The number of carbonyl (C=O) groups is 1. The van der Waals surface area contributed by atoms with Crippen LogP contribution in [0.4, 0.5) is 5.82 Å². The van der Waals surface area contributed by atoms with Crippen LogP contribution in [0.1, 0.15) is 11.1 Å². The predicted molar refractivity (Wildman–Crippen MR) is 101 cm³/mol. The second kappa shape index (κ2) is 8.12. The van der Waals surface area contributed by atoms with E-state index >= 15 is 0 Å². The third kappa shape index (κ3) is 4.20. The third-order valence-corrected chi connectivity index (χ3v) is 4.87. The lowest BCUT2D eigenvalue weighted by Crippen LogP contribution is -3.12. The van der Waals surface area contributed by atoms with Crippen LogP contribution in [0.15, 0.2) is 24.4 Å². The van der Waals surface area contributed by atoms with E-state index in [2.05, 4.69) is 10.3 Å². The molecule has 3 rings (SSSR count). The smallest absolute Gasteiger partial charge is 0.280 e. The average molecular weight is 397 g/mol. The van der Waals surface area contributed by atoms with Crippen molar-refractivity contribution in [3.8, 4) is 11.5 Å². The van der Waals surface area contributed by atoms with E-state index in [1.807, 2.05) is 12.1 Å². The fourth-order valence-electron chi connectivity index (χ4n) is 3.09. The van der Waals surface area contributed by atoms with Crippen LogP contribution in [-0.4, -0.2) is 38.2 Å². The zero-order valence-electron chi connectivity index (χ0n) is 14.6. The van der Waals surface area contributed by atoms with Crippen LogP contribution in [-0.2, 0) is 17.8 Å². The van der Waals surface area contributed by atoms with E-state index in [-0.39, 0.29) is 5.91 Å². The highest BCUT2D eigenvalue weighted by atomic mass is 35.5. The molecule has 1 atom stereocenters. The van der Waals surface area contributed by atoms with Gasteiger partial charge in [0, 0.05) is 18.2 Å². The van der Waals surface area contributed by atoms with Crippen LogP contribution in [0.25, 0.3) is 0 Å². The second-order valence-corrected chi connectivity index (χ2v) is 6.96. The number of methoxy groups -OCH3 is 2. The molecule has 0 saturated heterocycles. The molecule has 0 spiro atoms. The lowest BCUT2D eigenvalue weighted by atomic mass is 9.99. The number of nitrogens with one attached hydrogen (secondary N) is 2. The van der Waals surface area contributed by atoms with Crippen LogP contribution in [0.5, 0.6) is 11.5 Å². The lowest BCUT2D eigenvalue weighted by Gasteiger charge is -2.26. The number of hydrogen-bond donors (Lipinski definition) is 2. The van der Waals surface area contributed by atoms with Crippen molar-refractivity contribution in [1.82, 2.24) is 4.98 Å². The minimum absolute atomic E-state index is 0.138. The number of amides is 1. The Morgan fingerprint density at radius 2 is 1.88 bits per heavy atom. The molecule has 1 amide bonds. The first-order valence-corrected chi connectivity index (χ1v) is 8.94. The maximum atomic E-state index is 12.3. The van der Waals surface area contributed by atoms with Crippen molar-refractivity contribution in [2.45, 2.75) is 13.0 Å². The van der Waals surface area contributed by atoms with Crippen LogP contribution in [0.2, 0.25) is 10.0 Å². The van der Waals surface area contributed by atoms with Gasteiger partial charge >= 0.3 is 0 Å². The predicted octanol–water partition coefficient (Wildman–Crippen LogP) is 1.99. The fourth-order valence-corrected chi connectivity index (χ4v) is 3.52. The Balaban J connectivity index is 1.66. The number of pyridine rings is 1. The molecule has 1 aliphatic heterocycles. The highest BCUT2D eigenvalue weighted by molar-refractivity contribution is 6.36. The first kappa shape index (κ1) is 18.8. The molecule has 2 heterocycles. The number of rotatable bonds is 5. The summed E-state index contributed by atoms with van der Waals surface area (Å²) < 4.78 is 10.7. The molecule has 0 aliphatic carbocycles. The molecule has 138 valence electrons. The number of fused-ring (bicyclic) bond motifs is 1. The highest BCUT2D eigenvalue weighted by Crippen LogP contribution is 2.31. The topological polar surface area (TPSA) is 64.9 Å². The van der Waals surface area contributed by atoms with Crippen molar-refractivity contribution in [1.29, 1.82) is 0 Å². The van der Waals surface area contributed by atoms with Crippen LogP contribution < -0.4 is 19.7 Å². The summed E-state index contributed by atoms with van der Waals surface area (Å²) in [5.41, 5.74) is 2.40. The van der Waals surface area contributed by atoms with E-state index in [1.165, 1.54) is 17.3 Å². The summed E-state index contributed by atoms with van der Waals surface area (Å²) >= 11 is 11.9. The number of carbonyl (C=O) groups excluding carboxylic acids is 1. The molecule has 0 fully saturated rings. The summed E-state index contributed by atoms with van der Waals surface area (Å²) in [5.74, 6) is 1.62. The molecule has 0 radical (unpaired) electrons. The number of quaternary nitrogens is 1. The molecule has 6 nitrogen and oxygen atoms in total. The van der Waals surface area contributed by atoms with Crippen LogP contribution in [0.3, 0.4) is 0 Å². The summed E-state index contributed by atoms with van der Waals surface area (Å²) in [4.78, 5) is 17.6. The van der Waals surface area contributed by atoms with Gasteiger partial charge in [0.05, 0.1) is 30.8 Å². The van der Waals surface area contributed by atoms with Crippen molar-refractivity contribution in [3.63, 3.8) is 0 Å². The van der Waals surface area contributed by atoms with Gasteiger partial charge in [0.25, 0.3) is 5.91 Å². The van der Waals surface area contributed by atoms with E-state index in [9.17, 15) is 4.79 Å². The second-order valence-electron chi connectivity index (χ2n) is 6.11. The average Bonchev–Trinajstić information content (AvgIpc) is 2.62. The molecular formula is C18H20Cl2N3O3+. The Bertz CT molecular complexity index is 830. The molecule has 26 heavy (non-hydrogen) atoms. The number of hydrogen-bond acceptors (Lipinski definition) is 4. The van der Waals surface area contributed by atoms with Gasteiger partial charge in [-0.2, -0.15) is 0 Å². The van der Waals surface area contributed by atoms with E-state index in [4.69, 9.17) is 32.7 Å². The number of anilines is 1. The summed E-state index contributed by atoms with van der Waals surface area (Å²) in [7, 11) is 3.25. The molecule has 8 heteroatoms. The standard InChI is InChI=1S/C18H19Cl2N3O3/c1-25-15-5-11-3-4-23(9-12(11)6-16(15)26-2)10-17(24)22-18-14(20)7-13(19)8-21-18/h5-8H,3-4,9-10H2,1-2H3,(H,21,22,24)/p+1. The normalized spacial score (nSPS) is 15.9. The quantitative estimate of drug-likeness (QED) is 0.810. The first-order chi connectivity index (χ1) is 12.5. The van der Waals surface area contributed by atoms with Gasteiger partial charge in [-0.15, -0.1) is 0 Å². The molecule has 2 N–H and O–H groups in total. The van der Waals surface area contributed by atoms with E-state index in [1.54, 1.807) is 20.3 Å². The van der Waals surface area contributed by atoms with Gasteiger partial charge in [-0.25, -0.2) is 4.98 Å². The van der Waals surface area contributed by atoms with Crippen molar-refractivity contribution in [2.24, 2.45) is 0 Å². The number of nitrogens with zero attached hydrogens (tertiary/aromatic N) is 1. The maximum absolute atomic E-state index is 12.3.